The fourth-order valence-electron chi connectivity index (χ4n) is 1.51. The molecule has 1 aromatic heterocycles. The summed E-state index contributed by atoms with van der Waals surface area (Å²) in [5.74, 6) is 0.529. The third-order valence-electron chi connectivity index (χ3n) is 2.48. The van der Waals surface area contributed by atoms with Crippen LogP contribution >= 0.6 is 11.6 Å². The van der Waals surface area contributed by atoms with Crippen LogP contribution in [0.5, 0.6) is 5.75 Å². The van der Waals surface area contributed by atoms with E-state index in [-0.39, 0.29) is 23.3 Å². The second kappa shape index (κ2) is 6.64. The van der Waals surface area contributed by atoms with Gasteiger partial charge in [-0.05, 0) is 36.4 Å². The molecule has 0 amide bonds. The van der Waals surface area contributed by atoms with E-state index >= 15 is 0 Å². The molecular weight excluding hydrogens is 314 g/mol. The number of benzene rings is 1. The van der Waals surface area contributed by atoms with E-state index in [1.807, 2.05) is 0 Å². The first kappa shape index (κ1) is 15.4. The summed E-state index contributed by atoms with van der Waals surface area (Å²) in [6, 6.07) is 11.4. The van der Waals surface area contributed by atoms with E-state index in [1.165, 1.54) is 6.07 Å². The topological polar surface area (TPSA) is 94.3 Å². The Hall–Kier alpha value is -1.99. The first-order valence-corrected chi connectivity index (χ1v) is 8.09. The molecule has 112 valence electrons. The monoisotopic (exact) mass is 327 g/mol. The highest BCUT2D eigenvalue weighted by Gasteiger charge is 2.11. The summed E-state index contributed by atoms with van der Waals surface area (Å²) < 4.78 is 31.4. The van der Waals surface area contributed by atoms with Crippen molar-refractivity contribution in [2.45, 2.75) is 0 Å². The van der Waals surface area contributed by atoms with E-state index in [4.69, 9.17) is 22.1 Å². The molecule has 0 unspecified atom stereocenters. The van der Waals surface area contributed by atoms with E-state index in [0.29, 0.717) is 11.4 Å². The van der Waals surface area contributed by atoms with Crippen molar-refractivity contribution in [3.8, 4) is 5.75 Å². The highest BCUT2D eigenvalue weighted by atomic mass is 35.5. The van der Waals surface area contributed by atoms with Crippen molar-refractivity contribution in [2.24, 2.45) is 0 Å². The van der Waals surface area contributed by atoms with Crippen molar-refractivity contribution < 1.29 is 13.2 Å². The average Bonchev–Trinajstić information content (AvgIpc) is 2.40. The fraction of sp³-hybridized carbons (Fsp3) is 0.154. The molecule has 8 heteroatoms. The smallest absolute Gasteiger partial charge is 0.237 e. The van der Waals surface area contributed by atoms with Crippen molar-refractivity contribution in [3.63, 3.8) is 0 Å². The number of sulfonamides is 1. The molecule has 0 aliphatic rings. The van der Waals surface area contributed by atoms with E-state index in [2.05, 4.69) is 9.71 Å². The largest absolute Gasteiger partial charge is 0.492 e. The van der Waals surface area contributed by atoms with Gasteiger partial charge in [-0.1, -0.05) is 17.7 Å². The molecule has 0 saturated heterocycles. The van der Waals surface area contributed by atoms with Gasteiger partial charge >= 0.3 is 0 Å². The minimum absolute atomic E-state index is 0.0137. The summed E-state index contributed by atoms with van der Waals surface area (Å²) in [7, 11) is -3.55. The molecule has 0 radical (unpaired) electrons. The number of anilines is 2. The Balaban J connectivity index is 1.88. The molecule has 0 atom stereocenters. The predicted molar refractivity (Wildman–Crippen MR) is 83.0 cm³/mol. The molecule has 0 fully saturated rings. The van der Waals surface area contributed by atoms with Crippen LogP contribution in [0.15, 0.2) is 42.5 Å². The van der Waals surface area contributed by atoms with Crippen LogP contribution in [0.2, 0.25) is 5.15 Å². The minimum Gasteiger partial charge on any atom is -0.492 e. The Morgan fingerprint density at radius 1 is 1.19 bits per heavy atom. The fourth-order valence-corrected chi connectivity index (χ4v) is 2.51. The van der Waals surface area contributed by atoms with Crippen LogP contribution in [0.3, 0.4) is 0 Å². The molecule has 2 rings (SSSR count). The van der Waals surface area contributed by atoms with Gasteiger partial charge in [0.1, 0.15) is 29.1 Å². The molecule has 3 N–H and O–H groups in total. The van der Waals surface area contributed by atoms with Gasteiger partial charge in [-0.15, -0.1) is 0 Å². The maximum Gasteiger partial charge on any atom is 0.237 e. The molecule has 6 nitrogen and oxygen atoms in total. The third-order valence-corrected chi connectivity index (χ3v) is 3.91. The van der Waals surface area contributed by atoms with Gasteiger partial charge in [-0.2, -0.15) is 0 Å². The number of aromatic nitrogens is 1. The quantitative estimate of drug-likeness (QED) is 0.626. The maximum atomic E-state index is 11.9. The molecule has 0 saturated carbocycles. The van der Waals surface area contributed by atoms with Gasteiger partial charge in [0.05, 0.1) is 0 Å². The summed E-state index contributed by atoms with van der Waals surface area (Å²) in [6.45, 7) is 0.0137. The van der Waals surface area contributed by atoms with Gasteiger partial charge in [0.25, 0.3) is 0 Å². The Kier molecular flexibility index (Phi) is 4.87. The summed E-state index contributed by atoms with van der Waals surface area (Å²) in [6.07, 6.45) is 0. The Morgan fingerprint density at radius 2 is 1.90 bits per heavy atom. The second-order valence-corrected chi connectivity index (χ2v) is 6.41. The molecule has 21 heavy (non-hydrogen) atoms. The lowest BCUT2D eigenvalue weighted by Gasteiger charge is -2.09. The Morgan fingerprint density at radius 3 is 2.57 bits per heavy atom. The Labute approximate surface area is 128 Å². The van der Waals surface area contributed by atoms with Crippen LogP contribution < -0.4 is 15.2 Å². The minimum atomic E-state index is -3.55. The summed E-state index contributed by atoms with van der Waals surface area (Å²) in [5, 5.41) is 0.216. The molecule has 1 heterocycles. The van der Waals surface area contributed by atoms with Crippen LogP contribution in [-0.2, 0) is 10.0 Å². The molecular formula is C13H14ClN3O3S. The summed E-state index contributed by atoms with van der Waals surface area (Å²) in [5.41, 5.74) is 6.16. The van der Waals surface area contributed by atoms with Crippen LogP contribution in [0, 0.1) is 0 Å². The second-order valence-electron chi connectivity index (χ2n) is 4.18. The average molecular weight is 328 g/mol. The Bertz CT molecular complexity index is 705. The number of nitrogen functional groups attached to an aromatic ring is 1. The van der Waals surface area contributed by atoms with Crippen molar-refractivity contribution >= 4 is 33.1 Å². The molecule has 0 aliphatic heterocycles. The normalized spacial score (nSPS) is 11.1. The van der Waals surface area contributed by atoms with Gasteiger partial charge in [0, 0.05) is 5.69 Å². The SMILES string of the molecule is Nc1ccc(OCCS(=O)(=O)Nc2cccc(Cl)n2)cc1. The van der Waals surface area contributed by atoms with Crippen LogP contribution in [-0.4, -0.2) is 25.8 Å². The van der Waals surface area contributed by atoms with E-state index in [0.717, 1.165) is 0 Å². The van der Waals surface area contributed by atoms with Gasteiger partial charge < -0.3 is 10.5 Å². The highest BCUT2D eigenvalue weighted by Crippen LogP contribution is 2.14. The third kappa shape index (κ3) is 5.13. The van der Waals surface area contributed by atoms with Gasteiger partial charge in [0.2, 0.25) is 10.0 Å². The standard InChI is InChI=1S/C13H14ClN3O3S/c14-12-2-1-3-13(16-12)17-21(18,19)9-8-20-11-6-4-10(15)5-7-11/h1-7H,8-9,15H2,(H,16,17). The maximum absolute atomic E-state index is 11.9. The van der Waals surface area contributed by atoms with Gasteiger partial charge in [-0.3, -0.25) is 4.72 Å². The van der Waals surface area contributed by atoms with Crippen LogP contribution in [0.4, 0.5) is 11.5 Å². The molecule has 0 bridgehead atoms. The highest BCUT2D eigenvalue weighted by molar-refractivity contribution is 7.92. The predicted octanol–water partition coefficient (Wildman–Crippen LogP) is 2.14. The number of hydrogen-bond donors (Lipinski definition) is 2. The van der Waals surface area contributed by atoms with Crippen molar-refractivity contribution in [1.82, 2.24) is 4.98 Å². The first-order valence-electron chi connectivity index (χ1n) is 6.06. The van der Waals surface area contributed by atoms with E-state index in [1.54, 1.807) is 36.4 Å². The zero-order chi connectivity index (χ0) is 15.3. The lowest BCUT2D eigenvalue weighted by molar-refractivity contribution is 0.341. The van der Waals surface area contributed by atoms with Crippen LogP contribution in [0.25, 0.3) is 0 Å². The van der Waals surface area contributed by atoms with Gasteiger partial charge in [-0.25, -0.2) is 13.4 Å². The number of halogens is 1. The number of rotatable bonds is 6. The molecule has 1 aromatic carbocycles. The molecule has 0 spiro atoms. The number of ether oxygens (including phenoxy) is 1. The number of hydrogen-bond acceptors (Lipinski definition) is 5. The van der Waals surface area contributed by atoms with E-state index < -0.39 is 10.0 Å². The number of nitrogens with one attached hydrogen (secondary N) is 1. The van der Waals surface area contributed by atoms with Crippen molar-refractivity contribution in [1.29, 1.82) is 0 Å². The number of nitrogens with zero attached hydrogens (tertiary/aromatic N) is 1. The number of nitrogens with two attached hydrogens (primary N) is 1. The summed E-state index contributed by atoms with van der Waals surface area (Å²) >= 11 is 5.69. The van der Waals surface area contributed by atoms with Gasteiger partial charge in [0.15, 0.2) is 0 Å². The first-order chi connectivity index (χ1) is 9.94. The molecule has 0 aliphatic carbocycles. The molecule has 2 aromatic rings. The zero-order valence-corrected chi connectivity index (χ0v) is 12.6. The van der Waals surface area contributed by atoms with E-state index in [9.17, 15) is 8.42 Å². The zero-order valence-electron chi connectivity index (χ0n) is 11.0. The van der Waals surface area contributed by atoms with Crippen molar-refractivity contribution in [3.05, 3.63) is 47.6 Å². The lowest BCUT2D eigenvalue weighted by Crippen LogP contribution is -2.21. The lowest BCUT2D eigenvalue weighted by atomic mass is 10.3. The van der Waals surface area contributed by atoms with Crippen molar-refractivity contribution in [2.75, 3.05) is 22.8 Å². The summed E-state index contributed by atoms with van der Waals surface area (Å²) in [4.78, 5) is 3.85. The van der Waals surface area contributed by atoms with Crippen LogP contribution in [0.1, 0.15) is 0 Å². The number of pyridine rings is 1.